The van der Waals surface area contributed by atoms with Crippen LogP contribution in [-0.4, -0.2) is 39.3 Å². The summed E-state index contributed by atoms with van der Waals surface area (Å²) < 4.78 is 26.2. The molecule has 0 bridgehead atoms. The van der Waals surface area contributed by atoms with E-state index in [9.17, 15) is 13.2 Å². The molecule has 0 heterocycles. The van der Waals surface area contributed by atoms with Gasteiger partial charge in [-0.15, -0.1) is 0 Å². The lowest BCUT2D eigenvalue weighted by atomic mass is 10.0. The van der Waals surface area contributed by atoms with Crippen LogP contribution >= 0.6 is 0 Å². The summed E-state index contributed by atoms with van der Waals surface area (Å²) in [4.78, 5) is 12.8. The Morgan fingerprint density at radius 3 is 2.23 bits per heavy atom. The smallest absolute Gasteiger partial charge is 0.243 e. The third kappa shape index (κ3) is 5.13. The second-order valence-corrected chi connectivity index (χ2v) is 9.67. The van der Waals surface area contributed by atoms with Crippen LogP contribution in [0.2, 0.25) is 0 Å². The predicted molar refractivity (Wildman–Crippen MR) is 126 cm³/mol. The number of carbonyl (C=O) groups is 1. The molecule has 0 unspecified atom stereocenters. The third-order valence-corrected chi connectivity index (χ3v) is 6.94. The molecule has 3 aromatic carbocycles. The van der Waals surface area contributed by atoms with Crippen molar-refractivity contribution in [2.24, 2.45) is 0 Å². The maximum Gasteiger partial charge on any atom is 0.243 e. The number of anilines is 2. The minimum atomic E-state index is -3.57. The zero-order valence-corrected chi connectivity index (χ0v) is 19.0. The Labute approximate surface area is 184 Å². The van der Waals surface area contributed by atoms with E-state index < -0.39 is 10.0 Å². The van der Waals surface area contributed by atoms with E-state index in [0.717, 1.165) is 27.9 Å². The van der Waals surface area contributed by atoms with Crippen molar-refractivity contribution in [1.82, 2.24) is 4.31 Å². The molecule has 0 aromatic heterocycles. The van der Waals surface area contributed by atoms with Crippen LogP contribution in [-0.2, 0) is 14.8 Å². The second-order valence-electron chi connectivity index (χ2n) is 7.51. The van der Waals surface area contributed by atoms with Gasteiger partial charge in [0, 0.05) is 31.0 Å². The third-order valence-electron chi connectivity index (χ3n) is 5.14. The van der Waals surface area contributed by atoms with E-state index in [4.69, 9.17) is 0 Å². The number of rotatable bonds is 7. The van der Waals surface area contributed by atoms with Crippen molar-refractivity contribution in [2.45, 2.75) is 18.7 Å². The normalized spacial score (nSPS) is 11.4. The molecule has 3 aromatic rings. The summed E-state index contributed by atoms with van der Waals surface area (Å²) in [5.41, 5.74) is 5.02. The molecule has 2 N–H and O–H groups in total. The van der Waals surface area contributed by atoms with Gasteiger partial charge in [-0.3, -0.25) is 4.79 Å². The first kappa shape index (κ1) is 22.5. The first-order valence-corrected chi connectivity index (χ1v) is 11.4. The van der Waals surface area contributed by atoms with E-state index in [1.54, 1.807) is 12.1 Å². The largest absolute Gasteiger partial charge is 0.376 e. The molecule has 162 valence electrons. The van der Waals surface area contributed by atoms with Gasteiger partial charge in [-0.25, -0.2) is 12.7 Å². The number of amides is 1. The molecule has 1 amide bonds. The average Bonchev–Trinajstić information content (AvgIpc) is 2.75. The summed E-state index contributed by atoms with van der Waals surface area (Å²) in [7, 11) is -0.579. The monoisotopic (exact) mass is 437 g/mol. The molecule has 0 saturated carbocycles. The van der Waals surface area contributed by atoms with Crippen molar-refractivity contribution >= 4 is 27.3 Å². The summed E-state index contributed by atoms with van der Waals surface area (Å²) in [5.74, 6) is -0.221. The number of para-hydroxylation sites is 1. The van der Waals surface area contributed by atoms with Crippen LogP contribution in [0, 0.1) is 13.8 Å². The van der Waals surface area contributed by atoms with Crippen LogP contribution in [0.5, 0.6) is 0 Å². The van der Waals surface area contributed by atoms with Gasteiger partial charge in [-0.1, -0.05) is 48.5 Å². The van der Waals surface area contributed by atoms with Crippen molar-refractivity contribution in [3.63, 3.8) is 0 Å². The highest BCUT2D eigenvalue weighted by atomic mass is 32.2. The fourth-order valence-corrected chi connectivity index (χ4v) is 4.22. The zero-order valence-electron chi connectivity index (χ0n) is 18.1. The number of nitrogens with zero attached hydrogens (tertiary/aromatic N) is 1. The SMILES string of the molecule is Cc1cc(S(=O)(=O)N(C)C)cc(NCC(=O)Nc2ccccc2-c2ccccc2)c1C. The van der Waals surface area contributed by atoms with Crippen LogP contribution in [0.25, 0.3) is 11.1 Å². The fourth-order valence-electron chi connectivity index (χ4n) is 3.20. The summed E-state index contributed by atoms with van der Waals surface area (Å²) >= 11 is 0. The zero-order chi connectivity index (χ0) is 22.6. The Kier molecular flexibility index (Phi) is 6.77. The molecular formula is C24H27N3O3S. The maximum atomic E-state index is 12.7. The van der Waals surface area contributed by atoms with E-state index in [1.807, 2.05) is 68.4 Å². The molecule has 0 atom stereocenters. The molecule has 0 saturated heterocycles. The first-order valence-electron chi connectivity index (χ1n) is 9.92. The van der Waals surface area contributed by atoms with E-state index in [2.05, 4.69) is 10.6 Å². The number of aryl methyl sites for hydroxylation is 1. The predicted octanol–water partition coefficient (Wildman–Crippen LogP) is 4.27. The second kappa shape index (κ2) is 9.32. The van der Waals surface area contributed by atoms with Crippen molar-refractivity contribution in [3.8, 4) is 11.1 Å². The van der Waals surface area contributed by atoms with E-state index >= 15 is 0 Å². The maximum absolute atomic E-state index is 12.7. The standard InChI is InChI=1S/C24H27N3O3S/c1-17-14-20(31(29,30)27(3)4)15-23(18(17)2)25-16-24(28)26-22-13-9-8-12-21(22)19-10-6-5-7-11-19/h5-15,25H,16H2,1-4H3,(H,26,28). The highest BCUT2D eigenvalue weighted by molar-refractivity contribution is 7.89. The number of hydrogen-bond acceptors (Lipinski definition) is 4. The quantitative estimate of drug-likeness (QED) is 0.579. The van der Waals surface area contributed by atoms with Crippen molar-refractivity contribution in [3.05, 3.63) is 77.9 Å². The van der Waals surface area contributed by atoms with Crippen LogP contribution in [0.4, 0.5) is 11.4 Å². The molecular weight excluding hydrogens is 410 g/mol. The molecule has 0 aliphatic heterocycles. The lowest BCUT2D eigenvalue weighted by molar-refractivity contribution is -0.114. The van der Waals surface area contributed by atoms with Gasteiger partial charge in [0.2, 0.25) is 15.9 Å². The minimum absolute atomic E-state index is 0.00880. The minimum Gasteiger partial charge on any atom is -0.376 e. The Morgan fingerprint density at radius 1 is 0.903 bits per heavy atom. The van der Waals surface area contributed by atoms with E-state index in [0.29, 0.717) is 5.69 Å². The number of nitrogens with one attached hydrogen (secondary N) is 2. The van der Waals surface area contributed by atoms with Crippen molar-refractivity contribution < 1.29 is 13.2 Å². The van der Waals surface area contributed by atoms with Gasteiger partial charge in [-0.2, -0.15) is 0 Å². The molecule has 3 rings (SSSR count). The van der Waals surface area contributed by atoms with Crippen LogP contribution in [0.3, 0.4) is 0 Å². The Bertz CT molecular complexity index is 1190. The van der Waals surface area contributed by atoms with Gasteiger partial charge in [0.1, 0.15) is 0 Å². The fraction of sp³-hybridized carbons (Fsp3) is 0.208. The highest BCUT2D eigenvalue weighted by Gasteiger charge is 2.19. The van der Waals surface area contributed by atoms with E-state index in [-0.39, 0.29) is 17.3 Å². The topological polar surface area (TPSA) is 78.5 Å². The lowest BCUT2D eigenvalue weighted by Gasteiger charge is -2.17. The summed E-state index contributed by atoms with van der Waals surface area (Å²) in [6, 6.07) is 20.7. The molecule has 0 aliphatic carbocycles. The summed E-state index contributed by atoms with van der Waals surface area (Å²) in [6.45, 7) is 3.76. The molecule has 0 fully saturated rings. The Hall–Kier alpha value is -3.16. The lowest BCUT2D eigenvalue weighted by Crippen LogP contribution is -2.24. The van der Waals surface area contributed by atoms with Crippen LogP contribution in [0.15, 0.2) is 71.6 Å². The van der Waals surface area contributed by atoms with Gasteiger partial charge in [0.05, 0.1) is 11.4 Å². The number of carbonyl (C=O) groups excluding carboxylic acids is 1. The molecule has 0 spiro atoms. The van der Waals surface area contributed by atoms with Gasteiger partial charge in [0.25, 0.3) is 0 Å². The van der Waals surface area contributed by atoms with Crippen molar-refractivity contribution in [1.29, 1.82) is 0 Å². The molecule has 0 aliphatic rings. The Morgan fingerprint density at radius 2 is 1.55 bits per heavy atom. The molecule has 6 nitrogen and oxygen atoms in total. The average molecular weight is 438 g/mol. The van der Waals surface area contributed by atoms with Crippen molar-refractivity contribution in [2.75, 3.05) is 31.3 Å². The van der Waals surface area contributed by atoms with Gasteiger partial charge in [-0.05, 0) is 48.7 Å². The highest BCUT2D eigenvalue weighted by Crippen LogP contribution is 2.28. The summed E-state index contributed by atoms with van der Waals surface area (Å²) in [6.07, 6.45) is 0. The number of sulfonamides is 1. The molecule has 7 heteroatoms. The van der Waals surface area contributed by atoms with E-state index in [1.165, 1.54) is 18.4 Å². The summed E-state index contributed by atoms with van der Waals surface area (Å²) in [5, 5.41) is 6.04. The van der Waals surface area contributed by atoms with Gasteiger partial charge in [0.15, 0.2) is 0 Å². The number of hydrogen-bond donors (Lipinski definition) is 2. The van der Waals surface area contributed by atoms with Gasteiger partial charge >= 0.3 is 0 Å². The first-order chi connectivity index (χ1) is 14.7. The van der Waals surface area contributed by atoms with Gasteiger partial charge < -0.3 is 10.6 Å². The van der Waals surface area contributed by atoms with Crippen LogP contribution < -0.4 is 10.6 Å². The van der Waals surface area contributed by atoms with Crippen LogP contribution in [0.1, 0.15) is 11.1 Å². The number of benzene rings is 3. The molecule has 31 heavy (non-hydrogen) atoms. The Balaban J connectivity index is 1.78. The molecule has 0 radical (unpaired) electrons.